The minimum atomic E-state index is -0.507. The molecule has 15 heavy (non-hydrogen) atoms. The van der Waals surface area contributed by atoms with Gasteiger partial charge in [-0.05, 0) is 24.5 Å². The van der Waals surface area contributed by atoms with Gasteiger partial charge < -0.3 is 9.84 Å². The molecule has 84 valence electrons. The van der Waals surface area contributed by atoms with Crippen LogP contribution in [-0.4, -0.2) is 12.2 Å². The van der Waals surface area contributed by atoms with Crippen molar-refractivity contribution < 1.29 is 9.84 Å². The zero-order valence-corrected chi connectivity index (χ0v) is 10.2. The van der Waals surface area contributed by atoms with Crippen LogP contribution in [0.25, 0.3) is 0 Å². The largest absolute Gasteiger partial charge is 0.496 e. The van der Waals surface area contributed by atoms with Gasteiger partial charge in [0, 0.05) is 5.56 Å². The molecule has 0 aliphatic carbocycles. The fraction of sp³-hybridized carbons (Fsp3) is 0.538. The molecule has 0 aromatic heterocycles. The van der Waals surface area contributed by atoms with E-state index < -0.39 is 6.10 Å². The van der Waals surface area contributed by atoms with Crippen LogP contribution in [0.5, 0.6) is 5.75 Å². The summed E-state index contributed by atoms with van der Waals surface area (Å²) in [6, 6.07) is 5.87. The van der Waals surface area contributed by atoms with Crippen molar-refractivity contribution in [2.24, 2.45) is 5.41 Å². The predicted octanol–water partition coefficient (Wildman–Crippen LogP) is 3.08. The van der Waals surface area contributed by atoms with Crippen molar-refractivity contribution in [1.82, 2.24) is 0 Å². The lowest BCUT2D eigenvalue weighted by Gasteiger charge is -2.27. The average Bonchev–Trinajstić information content (AvgIpc) is 2.15. The summed E-state index contributed by atoms with van der Waals surface area (Å²) in [6.45, 7) is 8.05. The Morgan fingerprint density at radius 3 is 2.33 bits per heavy atom. The van der Waals surface area contributed by atoms with Gasteiger partial charge in [0.2, 0.25) is 0 Å². The molecule has 0 aliphatic rings. The molecule has 0 saturated heterocycles. The summed E-state index contributed by atoms with van der Waals surface area (Å²) >= 11 is 0. The molecular weight excluding hydrogens is 188 g/mol. The van der Waals surface area contributed by atoms with Gasteiger partial charge in [0.25, 0.3) is 0 Å². The van der Waals surface area contributed by atoms with E-state index in [1.54, 1.807) is 7.11 Å². The molecule has 0 aliphatic heterocycles. The number of hydrogen-bond donors (Lipinski definition) is 1. The molecule has 0 saturated carbocycles. The standard InChI is InChI=1S/C13H20O2/c1-9-6-7-11(15-5)10(8-9)12(14)13(2,3)4/h6-8,12,14H,1-5H3. The molecule has 0 fully saturated rings. The fourth-order valence-electron chi connectivity index (χ4n) is 1.53. The lowest BCUT2D eigenvalue weighted by molar-refractivity contribution is 0.0603. The molecule has 2 nitrogen and oxygen atoms in total. The highest BCUT2D eigenvalue weighted by Crippen LogP contribution is 2.37. The van der Waals surface area contributed by atoms with Gasteiger partial charge in [-0.15, -0.1) is 0 Å². The molecule has 1 rings (SSSR count). The van der Waals surface area contributed by atoms with Gasteiger partial charge in [0.1, 0.15) is 5.75 Å². The third kappa shape index (κ3) is 2.72. The van der Waals surface area contributed by atoms with Crippen LogP contribution in [0.1, 0.15) is 38.0 Å². The normalized spacial score (nSPS) is 13.7. The Morgan fingerprint density at radius 2 is 1.87 bits per heavy atom. The van der Waals surface area contributed by atoms with Crippen molar-refractivity contribution in [1.29, 1.82) is 0 Å². The Hall–Kier alpha value is -1.02. The van der Waals surface area contributed by atoms with E-state index in [9.17, 15) is 5.11 Å². The second-order valence-corrected chi connectivity index (χ2v) is 5.01. The average molecular weight is 208 g/mol. The van der Waals surface area contributed by atoms with E-state index in [2.05, 4.69) is 0 Å². The monoisotopic (exact) mass is 208 g/mol. The van der Waals surface area contributed by atoms with Crippen LogP contribution >= 0.6 is 0 Å². The zero-order valence-electron chi connectivity index (χ0n) is 10.2. The van der Waals surface area contributed by atoms with E-state index in [4.69, 9.17) is 4.74 Å². The van der Waals surface area contributed by atoms with Crippen LogP contribution in [0.3, 0.4) is 0 Å². The first-order valence-electron chi connectivity index (χ1n) is 5.19. The van der Waals surface area contributed by atoms with Crippen LogP contribution in [0.15, 0.2) is 18.2 Å². The maximum Gasteiger partial charge on any atom is 0.124 e. The highest BCUT2D eigenvalue weighted by Gasteiger charge is 2.26. The van der Waals surface area contributed by atoms with Crippen LogP contribution in [0.4, 0.5) is 0 Å². The van der Waals surface area contributed by atoms with Gasteiger partial charge in [0.15, 0.2) is 0 Å². The first-order chi connectivity index (χ1) is 6.86. The topological polar surface area (TPSA) is 29.5 Å². The molecule has 0 bridgehead atoms. The molecule has 0 spiro atoms. The molecule has 1 atom stereocenters. The second kappa shape index (κ2) is 4.23. The minimum absolute atomic E-state index is 0.179. The highest BCUT2D eigenvalue weighted by molar-refractivity contribution is 5.39. The van der Waals surface area contributed by atoms with E-state index >= 15 is 0 Å². The summed E-state index contributed by atoms with van der Waals surface area (Å²) in [6.07, 6.45) is -0.507. The SMILES string of the molecule is COc1ccc(C)cc1C(O)C(C)(C)C. The van der Waals surface area contributed by atoms with E-state index in [1.165, 1.54) is 0 Å². The van der Waals surface area contributed by atoms with Crippen molar-refractivity contribution in [2.75, 3.05) is 7.11 Å². The Morgan fingerprint density at radius 1 is 1.27 bits per heavy atom. The van der Waals surface area contributed by atoms with Crippen LogP contribution in [-0.2, 0) is 0 Å². The van der Waals surface area contributed by atoms with Gasteiger partial charge in [-0.2, -0.15) is 0 Å². The van der Waals surface area contributed by atoms with Crippen LogP contribution < -0.4 is 4.74 Å². The smallest absolute Gasteiger partial charge is 0.124 e. The maximum atomic E-state index is 10.2. The van der Waals surface area contributed by atoms with E-state index in [1.807, 2.05) is 45.9 Å². The molecule has 1 aromatic carbocycles. The summed E-state index contributed by atoms with van der Waals surface area (Å²) in [4.78, 5) is 0. The summed E-state index contributed by atoms with van der Waals surface area (Å²) < 4.78 is 5.26. The quantitative estimate of drug-likeness (QED) is 0.809. The van der Waals surface area contributed by atoms with Crippen LogP contribution in [0, 0.1) is 12.3 Å². The Labute approximate surface area is 91.9 Å². The van der Waals surface area contributed by atoms with Crippen molar-refractivity contribution >= 4 is 0 Å². The van der Waals surface area contributed by atoms with Crippen molar-refractivity contribution in [3.05, 3.63) is 29.3 Å². The number of rotatable bonds is 2. The summed E-state index contributed by atoms with van der Waals surface area (Å²) in [7, 11) is 1.63. The third-order valence-electron chi connectivity index (χ3n) is 2.50. The van der Waals surface area contributed by atoms with Gasteiger partial charge >= 0.3 is 0 Å². The maximum absolute atomic E-state index is 10.2. The van der Waals surface area contributed by atoms with Crippen molar-refractivity contribution in [3.8, 4) is 5.75 Å². The molecule has 1 unspecified atom stereocenters. The molecule has 0 amide bonds. The number of benzene rings is 1. The summed E-state index contributed by atoms with van der Waals surface area (Å²) in [5.41, 5.74) is 1.82. The molecule has 1 N–H and O–H groups in total. The summed E-state index contributed by atoms with van der Waals surface area (Å²) in [5.74, 6) is 0.753. The zero-order chi connectivity index (χ0) is 11.6. The van der Waals surface area contributed by atoms with Crippen molar-refractivity contribution in [3.63, 3.8) is 0 Å². The first-order valence-corrected chi connectivity index (χ1v) is 5.19. The van der Waals surface area contributed by atoms with Gasteiger partial charge in [0.05, 0.1) is 13.2 Å². The molecule has 0 radical (unpaired) electrons. The number of hydrogen-bond acceptors (Lipinski definition) is 2. The van der Waals surface area contributed by atoms with E-state index in [0.29, 0.717) is 0 Å². The molecule has 1 aromatic rings. The Balaban J connectivity index is 3.17. The predicted molar refractivity (Wildman–Crippen MR) is 62.1 cm³/mol. The van der Waals surface area contributed by atoms with Gasteiger partial charge in [-0.25, -0.2) is 0 Å². The van der Waals surface area contributed by atoms with Gasteiger partial charge in [-0.1, -0.05) is 32.4 Å². The number of aryl methyl sites for hydroxylation is 1. The highest BCUT2D eigenvalue weighted by atomic mass is 16.5. The Kier molecular flexibility index (Phi) is 3.40. The number of methoxy groups -OCH3 is 1. The second-order valence-electron chi connectivity index (χ2n) is 5.01. The van der Waals surface area contributed by atoms with Crippen LogP contribution in [0.2, 0.25) is 0 Å². The van der Waals surface area contributed by atoms with E-state index in [0.717, 1.165) is 16.9 Å². The minimum Gasteiger partial charge on any atom is -0.496 e. The fourth-order valence-corrected chi connectivity index (χ4v) is 1.53. The molecule has 0 heterocycles. The Bertz CT molecular complexity index is 337. The number of aliphatic hydroxyl groups is 1. The molecule has 2 heteroatoms. The van der Waals surface area contributed by atoms with Gasteiger partial charge in [-0.3, -0.25) is 0 Å². The summed E-state index contributed by atoms with van der Waals surface area (Å²) in [5, 5.41) is 10.2. The lowest BCUT2D eigenvalue weighted by Crippen LogP contribution is -2.18. The van der Waals surface area contributed by atoms with Crippen molar-refractivity contribution in [2.45, 2.75) is 33.8 Å². The lowest BCUT2D eigenvalue weighted by atomic mass is 9.84. The number of aliphatic hydroxyl groups excluding tert-OH is 1. The molecular formula is C13H20O2. The third-order valence-corrected chi connectivity index (χ3v) is 2.50. The first kappa shape index (κ1) is 12.1. The van der Waals surface area contributed by atoms with E-state index in [-0.39, 0.29) is 5.41 Å². The number of ether oxygens (including phenoxy) is 1.